The molecule has 0 aromatic heterocycles. The fraction of sp³-hybridized carbons (Fsp3) is 0.708. The summed E-state index contributed by atoms with van der Waals surface area (Å²) in [5.74, 6) is 1.60. The van der Waals surface area contributed by atoms with Crippen LogP contribution >= 0.6 is 0 Å². The zero-order chi connectivity index (χ0) is 20.9. The Balaban J connectivity index is 1.21. The van der Waals surface area contributed by atoms with Crippen LogP contribution in [0.3, 0.4) is 0 Å². The Hall–Kier alpha value is -1.63. The van der Waals surface area contributed by atoms with Crippen LogP contribution in [-0.2, 0) is 9.47 Å². The van der Waals surface area contributed by atoms with E-state index in [9.17, 15) is 4.79 Å². The Morgan fingerprint density at radius 1 is 1.07 bits per heavy atom. The molecular formula is C24H36N2O4. The summed E-state index contributed by atoms with van der Waals surface area (Å²) in [5, 5.41) is 0. The first-order chi connectivity index (χ1) is 14.6. The quantitative estimate of drug-likeness (QED) is 0.713. The summed E-state index contributed by atoms with van der Waals surface area (Å²) in [5.41, 5.74) is 0.744. The van der Waals surface area contributed by atoms with Crippen LogP contribution in [0.1, 0.15) is 49.9 Å². The Morgan fingerprint density at radius 3 is 2.40 bits per heavy atom. The van der Waals surface area contributed by atoms with Gasteiger partial charge in [0, 0.05) is 44.9 Å². The molecule has 1 aromatic carbocycles. The van der Waals surface area contributed by atoms with Gasteiger partial charge < -0.3 is 19.1 Å². The first kappa shape index (κ1) is 21.6. The summed E-state index contributed by atoms with van der Waals surface area (Å²) < 4.78 is 17.2. The molecule has 0 radical (unpaired) electrons. The number of piperidine rings is 1. The number of ether oxygens (including phenoxy) is 3. The van der Waals surface area contributed by atoms with Crippen molar-refractivity contribution < 1.29 is 19.0 Å². The SMILES string of the molecule is CC1CN(CC2CCN(C(=O)c3ccc(OCC4CCCO4)cc3)CC2)CC(C)O1. The average Bonchev–Trinajstić information content (AvgIpc) is 3.26. The third-order valence-corrected chi connectivity index (χ3v) is 6.47. The predicted octanol–water partition coefficient (Wildman–Crippen LogP) is 3.21. The van der Waals surface area contributed by atoms with Gasteiger partial charge in [-0.1, -0.05) is 0 Å². The van der Waals surface area contributed by atoms with Crippen LogP contribution in [0.15, 0.2) is 24.3 Å². The molecule has 3 fully saturated rings. The van der Waals surface area contributed by atoms with Crippen molar-refractivity contribution in [3.63, 3.8) is 0 Å². The van der Waals surface area contributed by atoms with Gasteiger partial charge >= 0.3 is 0 Å². The molecule has 3 atom stereocenters. The number of hydrogen-bond donors (Lipinski definition) is 0. The van der Waals surface area contributed by atoms with Gasteiger partial charge in [-0.3, -0.25) is 9.69 Å². The summed E-state index contributed by atoms with van der Waals surface area (Å²) in [4.78, 5) is 17.4. The maximum atomic E-state index is 12.9. The molecule has 6 heteroatoms. The largest absolute Gasteiger partial charge is 0.491 e. The Morgan fingerprint density at radius 2 is 1.77 bits per heavy atom. The number of amides is 1. The third kappa shape index (κ3) is 5.74. The highest BCUT2D eigenvalue weighted by molar-refractivity contribution is 5.94. The molecule has 4 rings (SSSR count). The van der Waals surface area contributed by atoms with E-state index in [4.69, 9.17) is 14.2 Å². The van der Waals surface area contributed by atoms with E-state index in [1.54, 1.807) is 0 Å². The van der Waals surface area contributed by atoms with Crippen molar-refractivity contribution in [3.8, 4) is 5.75 Å². The second-order valence-corrected chi connectivity index (χ2v) is 9.18. The van der Waals surface area contributed by atoms with E-state index in [2.05, 4.69) is 18.7 Å². The lowest BCUT2D eigenvalue weighted by Gasteiger charge is -2.39. The summed E-state index contributed by atoms with van der Waals surface area (Å²) in [6.07, 6.45) is 5.17. The van der Waals surface area contributed by atoms with Crippen molar-refractivity contribution in [2.75, 3.05) is 45.9 Å². The number of rotatable bonds is 6. The number of benzene rings is 1. The number of hydrogen-bond acceptors (Lipinski definition) is 5. The Labute approximate surface area is 180 Å². The van der Waals surface area contributed by atoms with Crippen LogP contribution in [0.25, 0.3) is 0 Å². The molecule has 0 bridgehead atoms. The van der Waals surface area contributed by atoms with Crippen LogP contribution in [0.2, 0.25) is 0 Å². The third-order valence-electron chi connectivity index (χ3n) is 6.47. The highest BCUT2D eigenvalue weighted by atomic mass is 16.5. The molecule has 0 spiro atoms. The maximum absolute atomic E-state index is 12.9. The summed E-state index contributed by atoms with van der Waals surface area (Å²) in [7, 11) is 0. The van der Waals surface area contributed by atoms with Gasteiger partial charge in [-0.05, 0) is 69.7 Å². The minimum absolute atomic E-state index is 0.132. The highest BCUT2D eigenvalue weighted by Crippen LogP contribution is 2.23. The van der Waals surface area contributed by atoms with Gasteiger partial charge in [0.2, 0.25) is 0 Å². The van der Waals surface area contributed by atoms with Crippen LogP contribution < -0.4 is 4.74 Å². The second-order valence-electron chi connectivity index (χ2n) is 9.18. The standard InChI is InChI=1S/C24H36N2O4/c1-18-14-25(15-19(2)30-18)16-20-9-11-26(12-10-20)24(27)21-5-7-22(8-6-21)29-17-23-4-3-13-28-23/h5-8,18-20,23H,3-4,9-17H2,1-2H3. The number of carbonyl (C=O) groups excluding carboxylic acids is 1. The number of carbonyl (C=O) groups is 1. The molecule has 3 heterocycles. The van der Waals surface area contributed by atoms with Crippen molar-refractivity contribution in [2.24, 2.45) is 5.92 Å². The van der Waals surface area contributed by atoms with Crippen LogP contribution in [0.5, 0.6) is 5.75 Å². The lowest BCUT2D eigenvalue weighted by Crippen LogP contribution is -2.48. The average molecular weight is 417 g/mol. The van der Waals surface area contributed by atoms with Gasteiger partial charge in [0.15, 0.2) is 0 Å². The van der Waals surface area contributed by atoms with Crippen LogP contribution in [0.4, 0.5) is 0 Å². The number of morpholine rings is 1. The molecule has 30 heavy (non-hydrogen) atoms. The molecule has 3 saturated heterocycles. The minimum Gasteiger partial charge on any atom is -0.491 e. The maximum Gasteiger partial charge on any atom is 0.253 e. The van der Waals surface area contributed by atoms with Gasteiger partial charge in [-0.25, -0.2) is 0 Å². The normalized spacial score (nSPS) is 28.6. The topological polar surface area (TPSA) is 51.2 Å². The molecule has 0 saturated carbocycles. The van der Waals surface area contributed by atoms with E-state index in [1.807, 2.05) is 29.2 Å². The van der Waals surface area contributed by atoms with E-state index < -0.39 is 0 Å². The summed E-state index contributed by atoms with van der Waals surface area (Å²) in [6.45, 7) is 10.6. The van der Waals surface area contributed by atoms with Gasteiger partial charge in [-0.15, -0.1) is 0 Å². The molecular weight excluding hydrogens is 380 g/mol. The lowest BCUT2D eigenvalue weighted by molar-refractivity contribution is -0.0728. The van der Waals surface area contributed by atoms with E-state index in [-0.39, 0.29) is 12.0 Å². The first-order valence-corrected chi connectivity index (χ1v) is 11.6. The summed E-state index contributed by atoms with van der Waals surface area (Å²) >= 11 is 0. The van der Waals surface area contributed by atoms with Crippen molar-refractivity contribution in [2.45, 2.75) is 57.8 Å². The molecule has 1 aromatic rings. The monoisotopic (exact) mass is 416 g/mol. The predicted molar refractivity (Wildman–Crippen MR) is 116 cm³/mol. The van der Waals surface area contributed by atoms with Crippen molar-refractivity contribution in [1.82, 2.24) is 9.80 Å². The van der Waals surface area contributed by atoms with E-state index in [1.165, 1.54) is 0 Å². The first-order valence-electron chi connectivity index (χ1n) is 11.6. The van der Waals surface area contributed by atoms with Gasteiger partial charge in [0.05, 0.1) is 18.3 Å². The molecule has 3 unspecified atom stereocenters. The number of nitrogens with zero attached hydrogens (tertiary/aromatic N) is 2. The number of likely N-dealkylation sites (tertiary alicyclic amines) is 1. The molecule has 0 aliphatic carbocycles. The molecule has 6 nitrogen and oxygen atoms in total. The molecule has 1 amide bonds. The van der Waals surface area contributed by atoms with E-state index >= 15 is 0 Å². The fourth-order valence-electron chi connectivity index (χ4n) is 4.96. The fourth-order valence-corrected chi connectivity index (χ4v) is 4.96. The van der Waals surface area contributed by atoms with E-state index in [0.717, 1.165) is 76.3 Å². The summed E-state index contributed by atoms with van der Waals surface area (Å²) in [6, 6.07) is 7.57. The van der Waals surface area contributed by atoms with Crippen molar-refractivity contribution in [1.29, 1.82) is 0 Å². The zero-order valence-corrected chi connectivity index (χ0v) is 18.4. The Bertz CT molecular complexity index is 671. The molecule has 0 N–H and O–H groups in total. The highest BCUT2D eigenvalue weighted by Gasteiger charge is 2.28. The Kier molecular flexibility index (Phi) is 7.28. The molecule has 3 aliphatic rings. The molecule has 166 valence electrons. The van der Waals surface area contributed by atoms with Crippen molar-refractivity contribution >= 4 is 5.91 Å². The smallest absolute Gasteiger partial charge is 0.253 e. The zero-order valence-electron chi connectivity index (χ0n) is 18.4. The van der Waals surface area contributed by atoms with E-state index in [0.29, 0.717) is 24.7 Å². The minimum atomic E-state index is 0.132. The van der Waals surface area contributed by atoms with Gasteiger partial charge in [0.25, 0.3) is 5.91 Å². The van der Waals surface area contributed by atoms with Gasteiger partial charge in [0.1, 0.15) is 12.4 Å². The molecule has 3 aliphatic heterocycles. The van der Waals surface area contributed by atoms with Crippen molar-refractivity contribution in [3.05, 3.63) is 29.8 Å². The lowest BCUT2D eigenvalue weighted by atomic mass is 9.95. The van der Waals surface area contributed by atoms with Crippen LogP contribution in [-0.4, -0.2) is 80.0 Å². The van der Waals surface area contributed by atoms with Gasteiger partial charge in [-0.2, -0.15) is 0 Å². The second kappa shape index (κ2) is 10.1. The van der Waals surface area contributed by atoms with Crippen LogP contribution in [0, 0.1) is 5.92 Å².